The molecule has 4 heteroatoms. The largest absolute Gasteiger partial charge is 0.508 e. The lowest BCUT2D eigenvalue weighted by atomic mass is 9.47. The first kappa shape index (κ1) is 30.0. The summed E-state index contributed by atoms with van der Waals surface area (Å²) in [5, 5.41) is 33.5. The molecule has 0 radical (unpaired) electrons. The van der Waals surface area contributed by atoms with Crippen LogP contribution in [0.3, 0.4) is 0 Å². The van der Waals surface area contributed by atoms with Crippen molar-refractivity contribution in [1.82, 2.24) is 0 Å². The Balaban J connectivity index is 1.41. The van der Waals surface area contributed by atoms with E-state index in [-0.39, 0.29) is 45.4 Å². The van der Waals surface area contributed by atoms with Gasteiger partial charge in [-0.15, -0.1) is 0 Å². The second-order valence-electron chi connectivity index (χ2n) is 15.8. The van der Waals surface area contributed by atoms with Crippen molar-refractivity contribution in [2.45, 2.75) is 149 Å². The summed E-state index contributed by atoms with van der Waals surface area (Å²) in [6, 6.07) is 4.91. The van der Waals surface area contributed by atoms with Gasteiger partial charge < -0.3 is 20.1 Å². The molecule has 1 saturated heterocycles. The highest BCUT2D eigenvalue weighted by atomic mass is 16.5. The minimum atomic E-state index is -0.718. The van der Waals surface area contributed by atoms with Crippen LogP contribution in [-0.2, 0) is 11.2 Å². The molecule has 40 heavy (non-hydrogen) atoms. The molecule has 0 amide bonds. The monoisotopic (exact) mass is 552 g/mol. The number of ether oxygens (including phenoxy) is 1. The third-order valence-electron chi connectivity index (χ3n) is 12.9. The van der Waals surface area contributed by atoms with Gasteiger partial charge in [0.2, 0.25) is 0 Å². The number of phenolic OH excluding ortho intramolecular Hbond substituents is 2. The maximum absolute atomic E-state index is 12.7. The maximum atomic E-state index is 12.7. The van der Waals surface area contributed by atoms with E-state index >= 15 is 0 Å². The van der Waals surface area contributed by atoms with E-state index in [2.05, 4.69) is 48.5 Å². The molecule has 224 valence electrons. The van der Waals surface area contributed by atoms with Crippen LogP contribution in [0.5, 0.6) is 11.5 Å². The highest BCUT2D eigenvalue weighted by molar-refractivity contribution is 5.43. The normalized spacial score (nSPS) is 41.6. The van der Waals surface area contributed by atoms with Gasteiger partial charge in [-0.25, -0.2) is 0 Å². The van der Waals surface area contributed by atoms with Crippen LogP contribution >= 0.6 is 0 Å². The number of phenols is 2. The van der Waals surface area contributed by atoms with E-state index in [1.165, 1.54) is 36.8 Å². The summed E-state index contributed by atoms with van der Waals surface area (Å²) in [6.07, 6.45) is 13.9. The van der Waals surface area contributed by atoms with E-state index in [0.29, 0.717) is 12.3 Å². The summed E-state index contributed by atoms with van der Waals surface area (Å²) in [5.41, 5.74) is 2.92. The second-order valence-corrected chi connectivity index (χ2v) is 15.8. The number of benzene rings is 1. The smallest absolute Gasteiger partial charge is 0.119 e. The Labute approximate surface area is 243 Å². The van der Waals surface area contributed by atoms with Gasteiger partial charge in [0, 0.05) is 11.0 Å². The third kappa shape index (κ3) is 4.93. The highest BCUT2D eigenvalue weighted by Gasteiger charge is 2.60. The zero-order valence-corrected chi connectivity index (χ0v) is 26.4. The van der Waals surface area contributed by atoms with Crippen molar-refractivity contribution >= 4 is 0 Å². The SMILES string of the molecule is CC1=C(Cc2cc(O)ccc2O)[C@]2(C)CCC[C@@](C)(CC[C@@]3(O)[C@H](C)CC[C@@H]4OC(C)(C)CCC[C@@]43C)[C@H]2CC1. The molecule has 0 bridgehead atoms. The summed E-state index contributed by atoms with van der Waals surface area (Å²) in [4.78, 5) is 0. The van der Waals surface area contributed by atoms with E-state index in [0.717, 1.165) is 56.9 Å². The molecule has 1 aromatic carbocycles. The fourth-order valence-corrected chi connectivity index (χ4v) is 10.3. The van der Waals surface area contributed by atoms with Gasteiger partial charge >= 0.3 is 0 Å². The molecular weight excluding hydrogens is 496 g/mol. The number of allylic oxidation sites excluding steroid dienone is 2. The van der Waals surface area contributed by atoms with Crippen molar-refractivity contribution < 1.29 is 20.1 Å². The minimum absolute atomic E-state index is 0.0654. The first-order valence-corrected chi connectivity index (χ1v) is 16.2. The lowest BCUT2D eigenvalue weighted by Crippen LogP contribution is -2.61. The van der Waals surface area contributed by atoms with Gasteiger partial charge in [0.25, 0.3) is 0 Å². The van der Waals surface area contributed by atoms with Crippen LogP contribution in [0.25, 0.3) is 0 Å². The number of aromatic hydroxyl groups is 2. The van der Waals surface area contributed by atoms with Crippen LogP contribution in [-0.4, -0.2) is 32.6 Å². The Kier molecular flexibility index (Phi) is 7.74. The summed E-state index contributed by atoms with van der Waals surface area (Å²) in [7, 11) is 0. The molecule has 1 aliphatic heterocycles. The predicted octanol–water partition coefficient (Wildman–Crippen LogP) is 8.86. The van der Waals surface area contributed by atoms with Crippen LogP contribution in [0.4, 0.5) is 0 Å². The zero-order chi connectivity index (χ0) is 29.1. The van der Waals surface area contributed by atoms with Gasteiger partial charge in [0.1, 0.15) is 11.5 Å². The molecule has 0 aromatic heterocycles. The standard InChI is InChI=1S/C36H56O4/c1-24-10-14-30-33(5,17-9-18-34(30,6)28(24)23-26-22-27(37)12-13-29(26)38)20-21-36(39)25(2)11-15-31-35(36,7)19-8-16-32(3,4)40-31/h12-13,22,25,30-31,37-39H,8-11,14-21,23H2,1-7H3/t25-,30-,31+,33+,34+,35+,36-/m1/s1. The Morgan fingerprint density at radius 1 is 0.900 bits per heavy atom. The van der Waals surface area contributed by atoms with Crippen molar-refractivity contribution in [1.29, 1.82) is 0 Å². The maximum Gasteiger partial charge on any atom is 0.119 e. The van der Waals surface area contributed by atoms with Gasteiger partial charge in [-0.3, -0.25) is 0 Å². The summed E-state index contributed by atoms with van der Waals surface area (Å²) in [6.45, 7) is 16.4. The van der Waals surface area contributed by atoms with Gasteiger partial charge in [-0.05, 0) is 139 Å². The van der Waals surface area contributed by atoms with E-state index < -0.39 is 5.60 Å². The first-order chi connectivity index (χ1) is 18.6. The topological polar surface area (TPSA) is 69.9 Å². The minimum Gasteiger partial charge on any atom is -0.508 e. The molecule has 3 N–H and O–H groups in total. The van der Waals surface area contributed by atoms with Gasteiger partial charge in [-0.2, -0.15) is 0 Å². The molecule has 4 nitrogen and oxygen atoms in total. The van der Waals surface area contributed by atoms with E-state index in [9.17, 15) is 15.3 Å². The predicted molar refractivity (Wildman–Crippen MR) is 162 cm³/mol. The second kappa shape index (κ2) is 10.3. The number of hydrogen-bond acceptors (Lipinski definition) is 4. The Hall–Kier alpha value is -1.52. The number of hydrogen-bond donors (Lipinski definition) is 3. The van der Waals surface area contributed by atoms with Crippen LogP contribution in [0.2, 0.25) is 0 Å². The van der Waals surface area contributed by atoms with Crippen LogP contribution in [0.1, 0.15) is 131 Å². The van der Waals surface area contributed by atoms with Gasteiger partial charge in [0.05, 0.1) is 17.3 Å². The first-order valence-electron chi connectivity index (χ1n) is 16.2. The van der Waals surface area contributed by atoms with Crippen molar-refractivity contribution in [2.24, 2.45) is 28.1 Å². The van der Waals surface area contributed by atoms with Crippen LogP contribution < -0.4 is 0 Å². The zero-order valence-electron chi connectivity index (χ0n) is 26.4. The molecule has 0 spiro atoms. The van der Waals surface area contributed by atoms with Crippen molar-refractivity contribution in [2.75, 3.05) is 0 Å². The average Bonchev–Trinajstić information content (AvgIpc) is 3.00. The molecule has 3 fully saturated rings. The lowest BCUT2D eigenvalue weighted by molar-refractivity contribution is -0.229. The fourth-order valence-electron chi connectivity index (χ4n) is 10.3. The molecule has 0 unspecified atom stereocenters. The lowest BCUT2D eigenvalue weighted by Gasteiger charge is -2.59. The van der Waals surface area contributed by atoms with E-state index in [1.54, 1.807) is 18.2 Å². The Morgan fingerprint density at radius 3 is 2.38 bits per heavy atom. The van der Waals surface area contributed by atoms with Crippen molar-refractivity contribution in [3.63, 3.8) is 0 Å². The molecule has 1 aromatic rings. The molecule has 4 aliphatic rings. The summed E-state index contributed by atoms with van der Waals surface area (Å²) in [5.74, 6) is 1.30. The van der Waals surface area contributed by atoms with Crippen LogP contribution in [0.15, 0.2) is 29.3 Å². The molecule has 3 aliphatic carbocycles. The van der Waals surface area contributed by atoms with Gasteiger partial charge in [-0.1, -0.05) is 45.3 Å². The Morgan fingerprint density at radius 2 is 1.62 bits per heavy atom. The third-order valence-corrected chi connectivity index (χ3v) is 12.9. The number of rotatable bonds is 5. The fraction of sp³-hybridized carbons (Fsp3) is 0.778. The molecule has 7 atom stereocenters. The van der Waals surface area contributed by atoms with Gasteiger partial charge in [0.15, 0.2) is 0 Å². The number of fused-ring (bicyclic) bond motifs is 2. The molecule has 5 rings (SSSR count). The quantitative estimate of drug-likeness (QED) is 0.252. The number of aliphatic hydroxyl groups is 1. The Bertz CT molecular complexity index is 1140. The van der Waals surface area contributed by atoms with E-state index in [4.69, 9.17) is 4.74 Å². The van der Waals surface area contributed by atoms with Crippen molar-refractivity contribution in [3.05, 3.63) is 34.9 Å². The molecular formula is C36H56O4. The average molecular weight is 553 g/mol. The molecule has 2 saturated carbocycles. The van der Waals surface area contributed by atoms with Crippen LogP contribution in [0, 0.1) is 28.1 Å². The summed E-state index contributed by atoms with van der Waals surface area (Å²) < 4.78 is 6.76. The highest BCUT2D eigenvalue weighted by Crippen LogP contribution is 2.63. The van der Waals surface area contributed by atoms with E-state index in [1.807, 2.05) is 0 Å². The van der Waals surface area contributed by atoms with Crippen molar-refractivity contribution in [3.8, 4) is 11.5 Å². The molecule has 1 heterocycles. The summed E-state index contributed by atoms with van der Waals surface area (Å²) >= 11 is 0.